The average molecular weight is 286 g/mol. The van der Waals surface area contributed by atoms with Gasteiger partial charge in [-0.2, -0.15) is 0 Å². The molecule has 2 aliphatic rings. The number of rotatable bonds is 3. The molecule has 0 spiro atoms. The molecule has 0 radical (unpaired) electrons. The fourth-order valence-electron chi connectivity index (χ4n) is 3.68. The molecule has 0 bridgehead atoms. The minimum atomic E-state index is 0.204. The van der Waals surface area contributed by atoms with Crippen LogP contribution < -0.4 is 5.32 Å². The summed E-state index contributed by atoms with van der Waals surface area (Å²) < 4.78 is 0. The van der Waals surface area contributed by atoms with Gasteiger partial charge in [-0.05, 0) is 43.2 Å². The second-order valence-electron chi connectivity index (χ2n) is 6.70. The van der Waals surface area contributed by atoms with Crippen molar-refractivity contribution in [1.82, 2.24) is 10.2 Å². The molecule has 0 aliphatic carbocycles. The van der Waals surface area contributed by atoms with Crippen LogP contribution in [0.5, 0.6) is 0 Å². The van der Waals surface area contributed by atoms with Crippen molar-refractivity contribution < 1.29 is 4.79 Å². The lowest BCUT2D eigenvalue weighted by atomic mass is 9.89. The predicted molar refractivity (Wildman–Crippen MR) is 85.0 cm³/mol. The van der Waals surface area contributed by atoms with Crippen LogP contribution in [0.3, 0.4) is 0 Å². The van der Waals surface area contributed by atoms with Gasteiger partial charge in [-0.15, -0.1) is 0 Å². The zero-order chi connectivity index (χ0) is 14.7. The third-order valence-electron chi connectivity index (χ3n) is 5.13. The molecular formula is C18H26N2O. The fraction of sp³-hybridized carbons (Fsp3) is 0.611. The Balaban J connectivity index is 1.50. The first-order chi connectivity index (χ1) is 10.2. The minimum absolute atomic E-state index is 0.204. The smallest absolute Gasteiger partial charge is 0.227 e. The topological polar surface area (TPSA) is 32.3 Å². The van der Waals surface area contributed by atoms with Crippen molar-refractivity contribution in [3.63, 3.8) is 0 Å². The summed E-state index contributed by atoms with van der Waals surface area (Å²) in [5.74, 6) is 1.80. The second-order valence-corrected chi connectivity index (χ2v) is 6.70. The van der Waals surface area contributed by atoms with E-state index in [2.05, 4.69) is 47.5 Å². The summed E-state index contributed by atoms with van der Waals surface area (Å²) in [6.45, 7) is 5.93. The van der Waals surface area contributed by atoms with E-state index in [0.717, 1.165) is 51.4 Å². The number of hydrogen-bond acceptors (Lipinski definition) is 2. The van der Waals surface area contributed by atoms with Gasteiger partial charge < -0.3 is 10.2 Å². The number of piperidine rings is 1. The van der Waals surface area contributed by atoms with Crippen LogP contribution >= 0.6 is 0 Å². The van der Waals surface area contributed by atoms with Gasteiger partial charge in [-0.25, -0.2) is 0 Å². The Labute approximate surface area is 127 Å². The van der Waals surface area contributed by atoms with Crippen LogP contribution in [0.25, 0.3) is 0 Å². The summed E-state index contributed by atoms with van der Waals surface area (Å²) in [6.07, 6.45) is 3.45. The Bertz CT molecular complexity index is 465. The lowest BCUT2D eigenvalue weighted by Crippen LogP contribution is -2.43. The number of amides is 1. The SMILES string of the molecule is C[C@@H]1CNC[C@H]1C(=O)N1CCC(Cc2ccccc2)CC1. The van der Waals surface area contributed by atoms with Gasteiger partial charge in [0.15, 0.2) is 0 Å². The Morgan fingerprint density at radius 3 is 2.52 bits per heavy atom. The monoisotopic (exact) mass is 286 g/mol. The molecule has 0 unspecified atom stereocenters. The second kappa shape index (κ2) is 6.61. The molecule has 3 heteroatoms. The van der Waals surface area contributed by atoms with E-state index in [1.165, 1.54) is 5.56 Å². The predicted octanol–water partition coefficient (Wildman–Crippen LogP) is 2.32. The van der Waals surface area contributed by atoms with Gasteiger partial charge in [-0.1, -0.05) is 37.3 Å². The number of hydrogen-bond donors (Lipinski definition) is 1. The molecule has 0 saturated carbocycles. The lowest BCUT2D eigenvalue weighted by Gasteiger charge is -2.34. The van der Waals surface area contributed by atoms with Crippen LogP contribution in [-0.2, 0) is 11.2 Å². The van der Waals surface area contributed by atoms with Crippen LogP contribution in [0.4, 0.5) is 0 Å². The highest BCUT2D eigenvalue weighted by Gasteiger charge is 2.34. The van der Waals surface area contributed by atoms with Gasteiger partial charge in [-0.3, -0.25) is 4.79 Å². The minimum Gasteiger partial charge on any atom is -0.342 e. The van der Waals surface area contributed by atoms with E-state index in [9.17, 15) is 4.79 Å². The van der Waals surface area contributed by atoms with Crippen LogP contribution in [0.2, 0.25) is 0 Å². The first-order valence-corrected chi connectivity index (χ1v) is 8.27. The molecule has 3 nitrogen and oxygen atoms in total. The van der Waals surface area contributed by atoms with Crippen molar-refractivity contribution in [2.45, 2.75) is 26.2 Å². The Morgan fingerprint density at radius 2 is 1.90 bits per heavy atom. The normalized spacial score (nSPS) is 27.0. The highest BCUT2D eigenvalue weighted by atomic mass is 16.2. The maximum Gasteiger partial charge on any atom is 0.227 e. The number of carbonyl (C=O) groups excluding carboxylic acids is 1. The molecule has 1 N–H and O–H groups in total. The first-order valence-electron chi connectivity index (χ1n) is 8.27. The van der Waals surface area contributed by atoms with Gasteiger partial charge in [0.05, 0.1) is 5.92 Å². The number of nitrogens with one attached hydrogen (secondary N) is 1. The molecule has 1 aromatic rings. The Hall–Kier alpha value is -1.35. The highest BCUT2D eigenvalue weighted by molar-refractivity contribution is 5.79. The van der Waals surface area contributed by atoms with Gasteiger partial charge in [0.2, 0.25) is 5.91 Å². The number of benzene rings is 1. The maximum atomic E-state index is 12.6. The Morgan fingerprint density at radius 1 is 1.19 bits per heavy atom. The van der Waals surface area contributed by atoms with Crippen molar-refractivity contribution in [2.24, 2.45) is 17.8 Å². The van der Waals surface area contributed by atoms with Crippen LogP contribution in [0.1, 0.15) is 25.3 Å². The van der Waals surface area contributed by atoms with Crippen LogP contribution in [0, 0.1) is 17.8 Å². The third kappa shape index (κ3) is 3.46. The quantitative estimate of drug-likeness (QED) is 0.925. The zero-order valence-corrected chi connectivity index (χ0v) is 12.9. The highest BCUT2D eigenvalue weighted by Crippen LogP contribution is 2.25. The number of likely N-dealkylation sites (tertiary alicyclic amines) is 1. The van der Waals surface area contributed by atoms with Crippen molar-refractivity contribution in [3.8, 4) is 0 Å². The Kier molecular flexibility index (Phi) is 4.59. The standard InChI is InChI=1S/C18H26N2O/c1-14-12-19-13-17(14)18(21)20-9-7-16(8-10-20)11-15-5-3-2-4-6-15/h2-6,14,16-17,19H,7-13H2,1H3/t14-,17-/m1/s1. The van der Waals surface area contributed by atoms with Gasteiger partial charge in [0, 0.05) is 19.6 Å². The summed E-state index contributed by atoms with van der Waals surface area (Å²) in [5.41, 5.74) is 1.43. The van der Waals surface area contributed by atoms with E-state index >= 15 is 0 Å². The molecule has 3 rings (SSSR count). The molecule has 114 valence electrons. The van der Waals surface area contributed by atoms with Crippen LogP contribution in [-0.4, -0.2) is 37.0 Å². The first kappa shape index (κ1) is 14.6. The lowest BCUT2D eigenvalue weighted by molar-refractivity contribution is -0.137. The molecule has 21 heavy (non-hydrogen) atoms. The van der Waals surface area contributed by atoms with Crippen molar-refractivity contribution >= 4 is 5.91 Å². The third-order valence-corrected chi connectivity index (χ3v) is 5.13. The summed E-state index contributed by atoms with van der Waals surface area (Å²) in [6, 6.07) is 10.7. The van der Waals surface area contributed by atoms with E-state index in [1.54, 1.807) is 0 Å². The summed E-state index contributed by atoms with van der Waals surface area (Å²) in [5, 5.41) is 3.34. The van der Waals surface area contributed by atoms with E-state index in [1.807, 2.05) is 0 Å². The molecular weight excluding hydrogens is 260 g/mol. The van der Waals surface area contributed by atoms with Crippen molar-refractivity contribution in [2.75, 3.05) is 26.2 Å². The molecule has 1 amide bonds. The summed E-state index contributed by atoms with van der Waals surface area (Å²) in [4.78, 5) is 14.7. The maximum absolute atomic E-state index is 12.6. The van der Waals surface area contributed by atoms with Gasteiger partial charge in [0.25, 0.3) is 0 Å². The summed E-state index contributed by atoms with van der Waals surface area (Å²) >= 11 is 0. The molecule has 1 aromatic carbocycles. The van der Waals surface area contributed by atoms with E-state index in [4.69, 9.17) is 0 Å². The largest absolute Gasteiger partial charge is 0.342 e. The zero-order valence-electron chi connectivity index (χ0n) is 12.9. The number of carbonyl (C=O) groups is 1. The molecule has 2 aliphatic heterocycles. The van der Waals surface area contributed by atoms with E-state index in [-0.39, 0.29) is 5.92 Å². The average Bonchev–Trinajstić information content (AvgIpc) is 2.94. The van der Waals surface area contributed by atoms with Crippen molar-refractivity contribution in [3.05, 3.63) is 35.9 Å². The van der Waals surface area contributed by atoms with E-state index < -0.39 is 0 Å². The molecule has 2 heterocycles. The summed E-state index contributed by atoms with van der Waals surface area (Å²) in [7, 11) is 0. The molecule has 0 aromatic heterocycles. The number of nitrogens with zero attached hydrogens (tertiary/aromatic N) is 1. The molecule has 2 saturated heterocycles. The van der Waals surface area contributed by atoms with Crippen LogP contribution in [0.15, 0.2) is 30.3 Å². The molecule has 2 fully saturated rings. The van der Waals surface area contributed by atoms with Gasteiger partial charge >= 0.3 is 0 Å². The van der Waals surface area contributed by atoms with Crippen molar-refractivity contribution in [1.29, 1.82) is 0 Å². The van der Waals surface area contributed by atoms with E-state index in [0.29, 0.717) is 11.8 Å². The fourth-order valence-corrected chi connectivity index (χ4v) is 3.68. The van der Waals surface area contributed by atoms with Gasteiger partial charge in [0.1, 0.15) is 0 Å². The molecule has 2 atom stereocenters.